The van der Waals surface area contributed by atoms with Gasteiger partial charge in [-0.05, 0) is 17.7 Å². The molecule has 2 fully saturated rings. The van der Waals surface area contributed by atoms with Crippen molar-refractivity contribution in [2.75, 3.05) is 41.2 Å². The summed E-state index contributed by atoms with van der Waals surface area (Å²) >= 11 is 0. The van der Waals surface area contributed by atoms with Crippen LogP contribution in [0.2, 0.25) is 0 Å². The molecular formula is C21H32O12. The van der Waals surface area contributed by atoms with Gasteiger partial charge in [0.1, 0.15) is 36.1 Å². The number of rotatable bonds is 9. The van der Waals surface area contributed by atoms with Gasteiger partial charge >= 0.3 is 0 Å². The van der Waals surface area contributed by atoms with Gasteiger partial charge in [-0.1, -0.05) is 0 Å². The summed E-state index contributed by atoms with van der Waals surface area (Å²) in [5.41, 5.74) is -1.21. The van der Waals surface area contributed by atoms with Crippen molar-refractivity contribution in [1.82, 2.24) is 0 Å². The fraction of sp³-hybridized carbons (Fsp3) is 0.714. The van der Waals surface area contributed by atoms with E-state index in [0.717, 1.165) is 0 Å². The molecular weight excluding hydrogens is 444 g/mol. The van der Waals surface area contributed by atoms with Gasteiger partial charge in [0.15, 0.2) is 17.8 Å². The molecule has 188 valence electrons. The molecule has 0 spiro atoms. The van der Waals surface area contributed by atoms with Gasteiger partial charge in [-0.3, -0.25) is 0 Å². The molecule has 8 atom stereocenters. The maximum Gasteiger partial charge on any atom is 0.203 e. The second-order valence-corrected chi connectivity index (χ2v) is 8.14. The van der Waals surface area contributed by atoms with Crippen molar-refractivity contribution in [3.63, 3.8) is 0 Å². The lowest BCUT2D eigenvalue weighted by Crippen LogP contribution is -2.59. The van der Waals surface area contributed by atoms with Crippen molar-refractivity contribution in [2.45, 2.75) is 54.9 Å². The lowest BCUT2D eigenvalue weighted by molar-refractivity contribution is -0.250. The number of ether oxygens (including phenoxy) is 6. The molecule has 0 aromatic heterocycles. The molecule has 0 unspecified atom stereocenters. The van der Waals surface area contributed by atoms with E-state index in [4.69, 9.17) is 28.4 Å². The van der Waals surface area contributed by atoms with Crippen LogP contribution in [0, 0.1) is 0 Å². The average Bonchev–Trinajstić information content (AvgIpc) is 3.11. The number of hydrogen-bond acceptors (Lipinski definition) is 12. The maximum absolute atomic E-state index is 10.5. The Hall–Kier alpha value is -1.74. The first-order valence-electron chi connectivity index (χ1n) is 10.4. The third-order valence-corrected chi connectivity index (χ3v) is 5.98. The minimum absolute atomic E-state index is 0.130. The van der Waals surface area contributed by atoms with Crippen molar-refractivity contribution < 1.29 is 59.1 Å². The van der Waals surface area contributed by atoms with E-state index >= 15 is 0 Å². The van der Waals surface area contributed by atoms with E-state index in [1.807, 2.05) is 0 Å². The SMILES string of the molecule is COc1cc(C[C@@H]2O[C@H](CO[C@@H]3OC[C@](O)(CO)[C@H]3O)[C@@H](O)[C@H](O)[C@H]2O)cc(OC)c1OC. The first-order valence-corrected chi connectivity index (χ1v) is 10.4. The molecule has 0 amide bonds. The van der Waals surface area contributed by atoms with Gasteiger partial charge < -0.3 is 59.1 Å². The summed E-state index contributed by atoms with van der Waals surface area (Å²) in [5.74, 6) is 1.20. The van der Waals surface area contributed by atoms with Crippen molar-refractivity contribution in [2.24, 2.45) is 0 Å². The van der Waals surface area contributed by atoms with Crippen molar-refractivity contribution in [3.8, 4) is 17.2 Å². The number of aliphatic hydroxyl groups is 6. The van der Waals surface area contributed by atoms with E-state index in [9.17, 15) is 30.6 Å². The molecule has 1 aromatic carbocycles. The minimum Gasteiger partial charge on any atom is -0.493 e. The summed E-state index contributed by atoms with van der Waals surface area (Å²) in [4.78, 5) is 0. The highest BCUT2D eigenvalue weighted by Crippen LogP contribution is 2.39. The molecule has 1 aromatic rings. The van der Waals surface area contributed by atoms with E-state index in [1.165, 1.54) is 21.3 Å². The van der Waals surface area contributed by atoms with E-state index in [1.54, 1.807) is 12.1 Å². The Labute approximate surface area is 190 Å². The number of methoxy groups -OCH3 is 3. The zero-order valence-electron chi connectivity index (χ0n) is 18.7. The Morgan fingerprint density at radius 2 is 1.55 bits per heavy atom. The molecule has 3 rings (SSSR count). The van der Waals surface area contributed by atoms with Crippen molar-refractivity contribution in [3.05, 3.63) is 17.7 Å². The Morgan fingerprint density at radius 3 is 2.06 bits per heavy atom. The molecule has 2 aliphatic heterocycles. The molecule has 0 saturated carbocycles. The van der Waals surface area contributed by atoms with Gasteiger partial charge in [0.05, 0.1) is 47.3 Å². The summed E-state index contributed by atoms with van der Waals surface area (Å²) in [5, 5.41) is 60.5. The van der Waals surface area contributed by atoms with Crippen LogP contribution in [0.25, 0.3) is 0 Å². The number of benzene rings is 1. The topological polar surface area (TPSA) is 177 Å². The smallest absolute Gasteiger partial charge is 0.203 e. The molecule has 0 bridgehead atoms. The standard InChI is InChI=1S/C21H32O12/c1-28-12-5-10(6-13(29-2)18(12)30-3)4-11-15(23)17(25)16(24)14(33-11)7-31-20-19(26)21(27,8-22)9-32-20/h5-6,11,14-17,19-20,22-27H,4,7-9H2,1-3H3/t11-,14+,15-,16+,17+,19-,20+,21+/m0/s1. The third kappa shape index (κ3) is 5.19. The van der Waals surface area contributed by atoms with E-state index in [2.05, 4.69) is 0 Å². The summed E-state index contributed by atoms with van der Waals surface area (Å²) in [6, 6.07) is 3.36. The van der Waals surface area contributed by atoms with Gasteiger partial charge in [-0.15, -0.1) is 0 Å². The Balaban J connectivity index is 1.71. The molecule has 0 aliphatic carbocycles. The molecule has 12 heteroatoms. The van der Waals surface area contributed by atoms with Crippen LogP contribution in [-0.2, 0) is 20.6 Å². The molecule has 2 saturated heterocycles. The molecule has 2 aliphatic rings. The van der Waals surface area contributed by atoms with Crippen LogP contribution in [0.1, 0.15) is 5.56 Å². The number of aliphatic hydroxyl groups excluding tert-OH is 5. The summed E-state index contributed by atoms with van der Waals surface area (Å²) in [7, 11) is 4.42. The van der Waals surface area contributed by atoms with Crippen molar-refractivity contribution in [1.29, 1.82) is 0 Å². The summed E-state index contributed by atoms with van der Waals surface area (Å²) in [6.45, 7) is -1.38. The van der Waals surface area contributed by atoms with Gasteiger partial charge in [-0.2, -0.15) is 0 Å². The lowest BCUT2D eigenvalue weighted by Gasteiger charge is -2.41. The average molecular weight is 476 g/mol. The lowest BCUT2D eigenvalue weighted by atomic mass is 9.91. The molecule has 33 heavy (non-hydrogen) atoms. The van der Waals surface area contributed by atoms with Crippen LogP contribution >= 0.6 is 0 Å². The van der Waals surface area contributed by atoms with Crippen LogP contribution in [0.5, 0.6) is 17.2 Å². The highest BCUT2D eigenvalue weighted by Gasteiger charge is 2.50. The monoisotopic (exact) mass is 476 g/mol. The highest BCUT2D eigenvalue weighted by molar-refractivity contribution is 5.54. The second-order valence-electron chi connectivity index (χ2n) is 8.14. The molecule has 12 nitrogen and oxygen atoms in total. The predicted molar refractivity (Wildman–Crippen MR) is 110 cm³/mol. The van der Waals surface area contributed by atoms with Crippen LogP contribution < -0.4 is 14.2 Å². The fourth-order valence-electron chi connectivity index (χ4n) is 3.94. The van der Waals surface area contributed by atoms with Gasteiger partial charge in [0, 0.05) is 6.42 Å². The van der Waals surface area contributed by atoms with E-state index in [0.29, 0.717) is 22.8 Å². The van der Waals surface area contributed by atoms with Crippen LogP contribution in [0.15, 0.2) is 12.1 Å². The maximum atomic E-state index is 10.5. The van der Waals surface area contributed by atoms with Crippen LogP contribution in [-0.4, -0.2) is 120 Å². The zero-order valence-corrected chi connectivity index (χ0v) is 18.7. The summed E-state index contributed by atoms with van der Waals surface area (Å²) < 4.78 is 32.4. The van der Waals surface area contributed by atoms with E-state index in [-0.39, 0.29) is 19.6 Å². The molecule has 6 N–H and O–H groups in total. The normalized spacial score (nSPS) is 36.6. The number of hydrogen-bond donors (Lipinski definition) is 6. The predicted octanol–water partition coefficient (Wildman–Crippen LogP) is -2.44. The second kappa shape index (κ2) is 10.7. The largest absolute Gasteiger partial charge is 0.493 e. The van der Waals surface area contributed by atoms with Gasteiger partial charge in [0.2, 0.25) is 5.75 Å². The van der Waals surface area contributed by atoms with Crippen LogP contribution in [0.4, 0.5) is 0 Å². The fourth-order valence-corrected chi connectivity index (χ4v) is 3.94. The molecule has 2 heterocycles. The third-order valence-electron chi connectivity index (χ3n) is 5.98. The van der Waals surface area contributed by atoms with Gasteiger partial charge in [-0.25, -0.2) is 0 Å². The minimum atomic E-state index is -1.86. The van der Waals surface area contributed by atoms with E-state index < -0.39 is 55.1 Å². The quantitative estimate of drug-likeness (QED) is 0.222. The van der Waals surface area contributed by atoms with Crippen molar-refractivity contribution >= 4 is 0 Å². The first-order chi connectivity index (χ1) is 15.7. The molecule has 0 radical (unpaired) electrons. The van der Waals surface area contributed by atoms with Crippen LogP contribution in [0.3, 0.4) is 0 Å². The Morgan fingerprint density at radius 1 is 0.939 bits per heavy atom. The Kier molecular flexibility index (Phi) is 8.37. The van der Waals surface area contributed by atoms with Gasteiger partial charge in [0.25, 0.3) is 0 Å². The Bertz CT molecular complexity index is 766. The highest BCUT2D eigenvalue weighted by atomic mass is 16.7. The summed E-state index contributed by atoms with van der Waals surface area (Å²) in [6.07, 6.45) is -9.06. The zero-order chi connectivity index (χ0) is 24.3. The first kappa shape index (κ1) is 25.9.